The number of aromatic nitrogens is 1. The maximum absolute atomic E-state index is 12.4. The zero-order valence-electron chi connectivity index (χ0n) is 13.8. The summed E-state index contributed by atoms with van der Waals surface area (Å²) in [6.45, 7) is 2.83. The van der Waals surface area contributed by atoms with Gasteiger partial charge in [0, 0.05) is 31.6 Å². The fraction of sp³-hybridized carbons (Fsp3) is 0.294. The van der Waals surface area contributed by atoms with Crippen LogP contribution in [0.2, 0.25) is 0 Å². The van der Waals surface area contributed by atoms with Gasteiger partial charge in [0.25, 0.3) is 5.91 Å². The first-order chi connectivity index (χ1) is 12.0. The molecule has 8 heteroatoms. The standard InChI is InChI=1S/C17H19N3O4S/c1-14-16(18-13-24-14)17(21)19-8-10-20(11-9-19)25(22,23)12-7-15-5-3-2-4-6-15/h2-7,12-13H,8-11H2,1H3/b12-7+. The second-order valence-electron chi connectivity index (χ2n) is 5.71. The number of sulfonamides is 1. The van der Waals surface area contributed by atoms with E-state index in [-0.39, 0.29) is 24.7 Å². The summed E-state index contributed by atoms with van der Waals surface area (Å²) in [5.74, 6) is 0.231. The van der Waals surface area contributed by atoms with Gasteiger partial charge in [0.2, 0.25) is 10.0 Å². The molecule has 3 rings (SSSR count). The molecule has 132 valence electrons. The molecule has 25 heavy (non-hydrogen) atoms. The highest BCUT2D eigenvalue weighted by atomic mass is 32.2. The van der Waals surface area contributed by atoms with Crippen molar-refractivity contribution in [3.8, 4) is 0 Å². The molecular formula is C17H19N3O4S. The Labute approximate surface area is 146 Å². The van der Waals surface area contributed by atoms with Crippen LogP contribution in [0.1, 0.15) is 21.8 Å². The molecule has 0 aliphatic carbocycles. The van der Waals surface area contributed by atoms with Crippen molar-refractivity contribution in [3.05, 3.63) is 59.2 Å². The average molecular weight is 361 g/mol. The second kappa shape index (κ2) is 7.20. The van der Waals surface area contributed by atoms with Crippen LogP contribution in [0.4, 0.5) is 0 Å². The number of aryl methyl sites for hydroxylation is 1. The molecule has 7 nitrogen and oxygen atoms in total. The Hall–Kier alpha value is -2.45. The highest BCUT2D eigenvalue weighted by Crippen LogP contribution is 2.14. The molecule has 1 aromatic heterocycles. The van der Waals surface area contributed by atoms with E-state index in [1.54, 1.807) is 17.9 Å². The Kier molecular flexibility index (Phi) is 5.00. The first kappa shape index (κ1) is 17.4. The molecule has 1 fully saturated rings. The minimum atomic E-state index is -3.51. The van der Waals surface area contributed by atoms with Gasteiger partial charge in [-0.2, -0.15) is 4.31 Å². The zero-order chi connectivity index (χ0) is 17.9. The third kappa shape index (κ3) is 3.97. The van der Waals surface area contributed by atoms with Gasteiger partial charge in [0.15, 0.2) is 12.1 Å². The van der Waals surface area contributed by atoms with Gasteiger partial charge in [-0.15, -0.1) is 0 Å². The number of nitrogens with zero attached hydrogens (tertiary/aromatic N) is 3. The van der Waals surface area contributed by atoms with E-state index in [2.05, 4.69) is 4.98 Å². The lowest BCUT2D eigenvalue weighted by Crippen LogP contribution is -2.50. The van der Waals surface area contributed by atoms with Crippen molar-refractivity contribution >= 4 is 22.0 Å². The molecular weight excluding hydrogens is 342 g/mol. The van der Waals surface area contributed by atoms with Crippen LogP contribution in [0.3, 0.4) is 0 Å². The van der Waals surface area contributed by atoms with E-state index >= 15 is 0 Å². The van der Waals surface area contributed by atoms with Gasteiger partial charge in [0.1, 0.15) is 5.76 Å². The lowest BCUT2D eigenvalue weighted by atomic mass is 10.2. The van der Waals surface area contributed by atoms with Crippen molar-refractivity contribution < 1.29 is 17.6 Å². The molecule has 0 saturated carbocycles. The molecule has 0 spiro atoms. The predicted molar refractivity (Wildman–Crippen MR) is 93.1 cm³/mol. The van der Waals surface area contributed by atoms with E-state index < -0.39 is 10.0 Å². The third-order valence-electron chi connectivity index (χ3n) is 4.07. The second-order valence-corrected chi connectivity index (χ2v) is 7.53. The number of carbonyl (C=O) groups excluding carboxylic acids is 1. The first-order valence-corrected chi connectivity index (χ1v) is 9.40. The predicted octanol–water partition coefficient (Wildman–Crippen LogP) is 1.74. The summed E-state index contributed by atoms with van der Waals surface area (Å²) < 4.78 is 31.3. The Morgan fingerprint density at radius 3 is 2.44 bits per heavy atom. The van der Waals surface area contributed by atoms with Gasteiger partial charge in [0.05, 0.1) is 0 Å². The number of benzene rings is 1. The number of hydrogen-bond donors (Lipinski definition) is 0. The summed E-state index contributed by atoms with van der Waals surface area (Å²) in [5.41, 5.74) is 1.10. The number of piperazine rings is 1. The van der Waals surface area contributed by atoms with Crippen molar-refractivity contribution in [1.82, 2.24) is 14.2 Å². The fourth-order valence-corrected chi connectivity index (χ4v) is 3.79. The Morgan fingerprint density at radius 2 is 1.84 bits per heavy atom. The number of amides is 1. The van der Waals surface area contributed by atoms with Crippen molar-refractivity contribution in [2.24, 2.45) is 0 Å². The highest BCUT2D eigenvalue weighted by Gasteiger charge is 2.29. The number of rotatable bonds is 4. The SMILES string of the molecule is Cc1ocnc1C(=O)N1CCN(S(=O)(=O)/C=C/c2ccccc2)CC1. The van der Waals surface area contributed by atoms with Crippen molar-refractivity contribution in [3.63, 3.8) is 0 Å². The normalized spacial score (nSPS) is 16.4. The molecule has 1 saturated heterocycles. The van der Waals surface area contributed by atoms with E-state index in [0.717, 1.165) is 5.56 Å². The van der Waals surface area contributed by atoms with Crippen molar-refractivity contribution in [1.29, 1.82) is 0 Å². The zero-order valence-corrected chi connectivity index (χ0v) is 14.6. The molecule has 0 radical (unpaired) electrons. The van der Waals surface area contributed by atoms with Gasteiger partial charge >= 0.3 is 0 Å². The minimum Gasteiger partial charge on any atom is -0.448 e. The largest absolute Gasteiger partial charge is 0.448 e. The fourth-order valence-electron chi connectivity index (χ4n) is 2.62. The van der Waals surface area contributed by atoms with Gasteiger partial charge < -0.3 is 9.32 Å². The quantitative estimate of drug-likeness (QED) is 0.828. The van der Waals surface area contributed by atoms with Crippen molar-refractivity contribution in [2.45, 2.75) is 6.92 Å². The third-order valence-corrected chi connectivity index (χ3v) is 5.63. The van der Waals surface area contributed by atoms with Crippen LogP contribution in [-0.2, 0) is 10.0 Å². The number of carbonyl (C=O) groups is 1. The lowest BCUT2D eigenvalue weighted by Gasteiger charge is -2.33. The Bertz CT molecular complexity index is 866. The van der Waals surface area contributed by atoms with E-state index in [4.69, 9.17) is 4.42 Å². The van der Waals surface area contributed by atoms with Crippen LogP contribution in [-0.4, -0.2) is 54.7 Å². The van der Waals surface area contributed by atoms with E-state index in [1.165, 1.54) is 16.1 Å². The summed E-state index contributed by atoms with van der Waals surface area (Å²) in [4.78, 5) is 17.9. The molecule has 0 N–H and O–H groups in total. The van der Waals surface area contributed by atoms with Crippen LogP contribution >= 0.6 is 0 Å². The number of hydrogen-bond acceptors (Lipinski definition) is 5. The van der Waals surface area contributed by atoms with Crippen molar-refractivity contribution in [2.75, 3.05) is 26.2 Å². The molecule has 0 atom stereocenters. The maximum atomic E-state index is 12.4. The van der Waals surface area contributed by atoms with Crippen LogP contribution in [0.25, 0.3) is 6.08 Å². The van der Waals surface area contributed by atoms with Crippen LogP contribution < -0.4 is 0 Å². The van der Waals surface area contributed by atoms with Crippen LogP contribution in [0.15, 0.2) is 46.6 Å². The van der Waals surface area contributed by atoms with Crippen LogP contribution in [0.5, 0.6) is 0 Å². The maximum Gasteiger partial charge on any atom is 0.276 e. The van der Waals surface area contributed by atoms with Gasteiger partial charge in [-0.05, 0) is 18.6 Å². The van der Waals surface area contributed by atoms with E-state index in [1.807, 2.05) is 30.3 Å². The summed E-state index contributed by atoms with van der Waals surface area (Å²) in [5, 5.41) is 1.21. The van der Waals surface area contributed by atoms with E-state index in [9.17, 15) is 13.2 Å². The molecule has 1 aliphatic rings. The van der Waals surface area contributed by atoms with Gasteiger partial charge in [-0.25, -0.2) is 13.4 Å². The molecule has 0 unspecified atom stereocenters. The Balaban J connectivity index is 1.62. The molecule has 0 bridgehead atoms. The minimum absolute atomic E-state index is 0.233. The topological polar surface area (TPSA) is 83.7 Å². The van der Waals surface area contributed by atoms with Crippen LogP contribution in [0, 0.1) is 6.92 Å². The smallest absolute Gasteiger partial charge is 0.276 e. The molecule has 1 amide bonds. The Morgan fingerprint density at radius 1 is 1.16 bits per heavy atom. The van der Waals surface area contributed by atoms with Gasteiger partial charge in [-0.3, -0.25) is 4.79 Å². The molecule has 1 aliphatic heterocycles. The average Bonchev–Trinajstić information content (AvgIpc) is 3.06. The first-order valence-electron chi connectivity index (χ1n) is 7.90. The summed E-state index contributed by atoms with van der Waals surface area (Å²) in [6, 6.07) is 9.25. The van der Waals surface area contributed by atoms with E-state index in [0.29, 0.717) is 18.8 Å². The monoisotopic (exact) mass is 361 g/mol. The van der Waals surface area contributed by atoms with Gasteiger partial charge in [-0.1, -0.05) is 30.3 Å². The number of oxazole rings is 1. The summed E-state index contributed by atoms with van der Waals surface area (Å²) in [7, 11) is -3.51. The molecule has 2 heterocycles. The molecule has 1 aromatic carbocycles. The lowest BCUT2D eigenvalue weighted by molar-refractivity contribution is 0.0691. The summed E-state index contributed by atoms with van der Waals surface area (Å²) in [6.07, 6.45) is 2.81. The summed E-state index contributed by atoms with van der Waals surface area (Å²) >= 11 is 0. The highest BCUT2D eigenvalue weighted by molar-refractivity contribution is 7.92. The molecule has 2 aromatic rings.